The maximum Gasteiger partial charge on any atom is 0.255 e. The maximum atomic E-state index is 12.3. The lowest BCUT2D eigenvalue weighted by Gasteiger charge is -2.30. The number of aromatic hydroxyl groups is 1. The van der Waals surface area contributed by atoms with Gasteiger partial charge in [-0.15, -0.1) is 0 Å². The smallest absolute Gasteiger partial charge is 0.255 e. The Morgan fingerprint density at radius 3 is 2.85 bits per heavy atom. The average Bonchev–Trinajstić information content (AvgIpc) is 2.48. The molecule has 1 aliphatic rings. The van der Waals surface area contributed by atoms with Gasteiger partial charge >= 0.3 is 0 Å². The number of rotatable bonds is 4. The molecule has 1 fully saturated rings. The molecule has 1 aliphatic carbocycles. The summed E-state index contributed by atoms with van der Waals surface area (Å²) in [7, 11) is 1.44. The summed E-state index contributed by atoms with van der Waals surface area (Å²) in [5, 5.41) is 22.3. The Bertz CT molecular complexity index is 475. The van der Waals surface area contributed by atoms with Crippen LogP contribution in [0.5, 0.6) is 11.5 Å². The Labute approximate surface area is 118 Å². The molecule has 3 N–H and O–H groups in total. The van der Waals surface area contributed by atoms with Gasteiger partial charge in [0, 0.05) is 18.6 Å². The molecule has 20 heavy (non-hydrogen) atoms. The van der Waals surface area contributed by atoms with Gasteiger partial charge in [-0.2, -0.15) is 0 Å². The van der Waals surface area contributed by atoms with Gasteiger partial charge in [0.1, 0.15) is 0 Å². The second kappa shape index (κ2) is 6.61. The van der Waals surface area contributed by atoms with Crippen LogP contribution in [-0.2, 0) is 0 Å². The van der Waals surface area contributed by atoms with E-state index < -0.39 is 0 Å². The summed E-state index contributed by atoms with van der Waals surface area (Å²) in [6.07, 6.45) is 3.92. The van der Waals surface area contributed by atoms with Crippen molar-refractivity contribution >= 4 is 5.91 Å². The number of amides is 1. The predicted molar refractivity (Wildman–Crippen MR) is 75.0 cm³/mol. The minimum atomic E-state index is -0.327. The van der Waals surface area contributed by atoms with Crippen LogP contribution in [0.2, 0.25) is 0 Å². The van der Waals surface area contributed by atoms with E-state index in [9.17, 15) is 15.0 Å². The second-order valence-electron chi connectivity index (χ2n) is 5.16. The third-order valence-corrected chi connectivity index (χ3v) is 3.92. The Morgan fingerprint density at radius 1 is 1.40 bits per heavy atom. The SMILES string of the molecule is COc1cccc(C(=O)NC2CCCCC2CO)c1O. The molecular formula is C15H21NO4. The van der Waals surface area contributed by atoms with Crippen LogP contribution in [0.3, 0.4) is 0 Å². The molecule has 1 aromatic carbocycles. The highest BCUT2D eigenvalue weighted by atomic mass is 16.5. The number of aliphatic hydroxyl groups is 1. The van der Waals surface area contributed by atoms with Crippen molar-refractivity contribution in [3.8, 4) is 11.5 Å². The molecule has 110 valence electrons. The fourth-order valence-corrected chi connectivity index (χ4v) is 2.73. The number of phenolic OH excluding ortho intramolecular Hbond substituents is 1. The number of carbonyl (C=O) groups excluding carboxylic acids is 1. The third kappa shape index (κ3) is 3.04. The molecule has 0 aromatic heterocycles. The van der Waals surface area contributed by atoms with E-state index in [-0.39, 0.29) is 41.5 Å². The fourth-order valence-electron chi connectivity index (χ4n) is 2.73. The molecule has 1 amide bonds. The number of methoxy groups -OCH3 is 1. The van der Waals surface area contributed by atoms with Gasteiger partial charge < -0.3 is 20.3 Å². The number of nitrogens with one attached hydrogen (secondary N) is 1. The second-order valence-corrected chi connectivity index (χ2v) is 5.16. The highest BCUT2D eigenvalue weighted by Gasteiger charge is 2.27. The summed E-state index contributed by atoms with van der Waals surface area (Å²) in [5.74, 6) is -0.101. The molecule has 0 radical (unpaired) electrons. The molecule has 2 unspecified atom stereocenters. The normalized spacial score (nSPS) is 22.3. The first-order valence-electron chi connectivity index (χ1n) is 6.95. The van der Waals surface area contributed by atoms with Crippen LogP contribution < -0.4 is 10.1 Å². The fraction of sp³-hybridized carbons (Fsp3) is 0.533. The average molecular weight is 279 g/mol. The van der Waals surface area contributed by atoms with Gasteiger partial charge in [-0.3, -0.25) is 4.79 Å². The van der Waals surface area contributed by atoms with Crippen LogP contribution in [0.15, 0.2) is 18.2 Å². The van der Waals surface area contributed by atoms with Crippen molar-refractivity contribution in [1.82, 2.24) is 5.32 Å². The summed E-state index contributed by atoms with van der Waals surface area (Å²) in [6.45, 7) is 0.0784. The third-order valence-electron chi connectivity index (χ3n) is 3.92. The minimum absolute atomic E-state index is 0.0353. The number of hydrogen-bond acceptors (Lipinski definition) is 4. The Balaban J connectivity index is 2.11. The Hall–Kier alpha value is -1.75. The van der Waals surface area contributed by atoms with E-state index in [0.29, 0.717) is 0 Å². The predicted octanol–water partition coefficient (Wildman–Crippen LogP) is 1.68. The molecule has 1 saturated carbocycles. The summed E-state index contributed by atoms with van der Waals surface area (Å²) in [5.41, 5.74) is 0.201. The zero-order chi connectivity index (χ0) is 14.5. The first-order valence-corrected chi connectivity index (χ1v) is 6.95. The highest BCUT2D eigenvalue weighted by molar-refractivity contribution is 5.97. The molecule has 1 aromatic rings. The summed E-state index contributed by atoms with van der Waals surface area (Å²) >= 11 is 0. The number of hydrogen-bond donors (Lipinski definition) is 3. The van der Waals surface area contributed by atoms with E-state index >= 15 is 0 Å². The minimum Gasteiger partial charge on any atom is -0.504 e. The largest absolute Gasteiger partial charge is 0.504 e. The molecule has 2 atom stereocenters. The van der Waals surface area contributed by atoms with Crippen LogP contribution in [0.4, 0.5) is 0 Å². The molecule has 0 spiro atoms. The van der Waals surface area contributed by atoms with Crippen molar-refractivity contribution in [1.29, 1.82) is 0 Å². The van der Waals surface area contributed by atoms with Gasteiger partial charge in [-0.1, -0.05) is 18.9 Å². The van der Waals surface area contributed by atoms with Crippen LogP contribution in [0.1, 0.15) is 36.0 Å². The summed E-state index contributed by atoms with van der Waals surface area (Å²) < 4.78 is 5.00. The van der Waals surface area contributed by atoms with E-state index in [2.05, 4.69) is 5.32 Å². The number of ether oxygens (including phenoxy) is 1. The van der Waals surface area contributed by atoms with Crippen molar-refractivity contribution in [2.24, 2.45) is 5.92 Å². The summed E-state index contributed by atoms with van der Waals surface area (Å²) in [6, 6.07) is 4.79. The zero-order valence-electron chi connectivity index (χ0n) is 11.6. The van der Waals surface area contributed by atoms with Crippen LogP contribution >= 0.6 is 0 Å². The molecule has 2 rings (SSSR count). The van der Waals surface area contributed by atoms with Crippen molar-refractivity contribution in [3.63, 3.8) is 0 Å². The number of carbonyl (C=O) groups is 1. The van der Waals surface area contributed by atoms with Crippen molar-refractivity contribution in [3.05, 3.63) is 23.8 Å². The van der Waals surface area contributed by atoms with Gasteiger partial charge in [0.05, 0.1) is 12.7 Å². The lowest BCUT2D eigenvalue weighted by Crippen LogP contribution is -2.43. The van der Waals surface area contributed by atoms with Crippen LogP contribution in [0.25, 0.3) is 0 Å². The van der Waals surface area contributed by atoms with Gasteiger partial charge in [0.25, 0.3) is 5.91 Å². The Morgan fingerprint density at radius 2 is 2.15 bits per heavy atom. The van der Waals surface area contributed by atoms with Gasteiger partial charge in [0.15, 0.2) is 11.5 Å². The molecule has 0 heterocycles. The van der Waals surface area contributed by atoms with E-state index in [0.717, 1.165) is 25.7 Å². The Kier molecular flexibility index (Phi) is 4.84. The van der Waals surface area contributed by atoms with Gasteiger partial charge in [0.2, 0.25) is 0 Å². The number of phenols is 1. The molecule has 0 bridgehead atoms. The van der Waals surface area contributed by atoms with Crippen molar-refractivity contribution < 1.29 is 19.7 Å². The zero-order valence-corrected chi connectivity index (χ0v) is 11.6. The number of benzene rings is 1. The molecule has 0 aliphatic heterocycles. The number of aliphatic hydroxyl groups excluding tert-OH is 1. The van der Waals surface area contributed by atoms with Gasteiger partial charge in [-0.25, -0.2) is 0 Å². The van der Waals surface area contributed by atoms with E-state index in [1.54, 1.807) is 18.2 Å². The van der Waals surface area contributed by atoms with E-state index in [1.165, 1.54) is 7.11 Å². The number of para-hydroxylation sites is 1. The first-order chi connectivity index (χ1) is 9.67. The molecular weight excluding hydrogens is 258 g/mol. The quantitative estimate of drug-likeness (QED) is 0.783. The molecule has 5 heteroatoms. The lowest BCUT2D eigenvalue weighted by atomic mass is 9.85. The van der Waals surface area contributed by atoms with E-state index in [1.807, 2.05) is 0 Å². The molecule has 0 saturated heterocycles. The molecule has 5 nitrogen and oxygen atoms in total. The van der Waals surface area contributed by atoms with Crippen molar-refractivity contribution in [2.45, 2.75) is 31.7 Å². The van der Waals surface area contributed by atoms with E-state index in [4.69, 9.17) is 4.74 Å². The maximum absolute atomic E-state index is 12.3. The monoisotopic (exact) mass is 279 g/mol. The topological polar surface area (TPSA) is 78.8 Å². The highest BCUT2D eigenvalue weighted by Crippen LogP contribution is 2.30. The van der Waals surface area contributed by atoms with Crippen LogP contribution in [0, 0.1) is 5.92 Å². The standard InChI is InChI=1S/C15H21NO4/c1-20-13-8-4-6-11(14(13)18)15(19)16-12-7-3-2-5-10(12)9-17/h4,6,8,10,12,17-18H,2-3,5,7,9H2,1H3,(H,16,19). The lowest BCUT2D eigenvalue weighted by molar-refractivity contribution is 0.0869. The summed E-state index contributed by atoms with van der Waals surface area (Å²) in [4.78, 5) is 12.3. The van der Waals surface area contributed by atoms with Gasteiger partial charge in [-0.05, 0) is 25.0 Å². The van der Waals surface area contributed by atoms with Crippen LogP contribution in [-0.4, -0.2) is 35.9 Å². The first kappa shape index (κ1) is 14.7. The van der Waals surface area contributed by atoms with Crippen molar-refractivity contribution in [2.75, 3.05) is 13.7 Å².